The fraction of sp³-hybridized carbons (Fsp3) is 0.483. The summed E-state index contributed by atoms with van der Waals surface area (Å²) in [5.74, 6) is 0.256. The van der Waals surface area contributed by atoms with E-state index in [0.717, 1.165) is 30.4 Å². The maximum Gasteiger partial charge on any atom is 0.318 e. The minimum Gasteiger partial charge on any atom is -0.337 e. The standard InChI is InChI=1S/C29H36N4O5/c1-19-28(5,17-29(19,6)22-9-13-24(14-10-22)33(37)38)18-30-25(34)31-20(2)26(3)15-27(4,16-26)21-7-11-23(12-8-21)32(35)36/h7-14,19H,2,15-18H2,1,3-6H3,(H2,30,31,34)/t19-,26?,27?,28?,29?/m1/s1. The number of urea groups is 1. The largest absolute Gasteiger partial charge is 0.337 e. The van der Waals surface area contributed by atoms with E-state index in [0.29, 0.717) is 12.2 Å². The molecule has 2 aromatic rings. The van der Waals surface area contributed by atoms with Crippen LogP contribution in [-0.2, 0) is 10.8 Å². The topological polar surface area (TPSA) is 127 Å². The lowest BCUT2D eigenvalue weighted by Gasteiger charge is -2.60. The molecule has 2 fully saturated rings. The summed E-state index contributed by atoms with van der Waals surface area (Å²) in [6, 6.07) is 13.2. The van der Waals surface area contributed by atoms with Crippen molar-refractivity contribution in [3.63, 3.8) is 0 Å². The van der Waals surface area contributed by atoms with Gasteiger partial charge in [-0.15, -0.1) is 0 Å². The molecule has 2 amide bonds. The Morgan fingerprint density at radius 2 is 1.37 bits per heavy atom. The first kappa shape index (κ1) is 27.3. The van der Waals surface area contributed by atoms with Gasteiger partial charge in [0.25, 0.3) is 11.4 Å². The maximum absolute atomic E-state index is 12.8. The zero-order valence-electron chi connectivity index (χ0n) is 22.7. The van der Waals surface area contributed by atoms with E-state index in [2.05, 4.69) is 51.8 Å². The van der Waals surface area contributed by atoms with E-state index >= 15 is 0 Å². The van der Waals surface area contributed by atoms with Crippen LogP contribution in [-0.4, -0.2) is 22.4 Å². The van der Waals surface area contributed by atoms with Gasteiger partial charge in [0.2, 0.25) is 0 Å². The summed E-state index contributed by atoms with van der Waals surface area (Å²) in [5.41, 5.74) is 2.30. The second-order valence-electron chi connectivity index (χ2n) is 12.3. The number of hydrogen-bond acceptors (Lipinski definition) is 5. The highest BCUT2D eigenvalue weighted by Crippen LogP contribution is 2.60. The van der Waals surface area contributed by atoms with E-state index < -0.39 is 9.85 Å². The number of benzene rings is 2. The van der Waals surface area contributed by atoms with Crippen LogP contribution in [0.1, 0.15) is 65.0 Å². The molecule has 0 bridgehead atoms. The number of amides is 2. The van der Waals surface area contributed by atoms with Gasteiger partial charge in [-0.1, -0.05) is 65.5 Å². The van der Waals surface area contributed by atoms with Crippen LogP contribution in [0.15, 0.2) is 60.8 Å². The fourth-order valence-corrected chi connectivity index (χ4v) is 7.00. The van der Waals surface area contributed by atoms with Gasteiger partial charge in [-0.05, 0) is 52.6 Å². The van der Waals surface area contributed by atoms with Crippen molar-refractivity contribution in [2.75, 3.05) is 6.54 Å². The minimum absolute atomic E-state index is 0.0738. The van der Waals surface area contributed by atoms with Gasteiger partial charge in [0, 0.05) is 41.9 Å². The summed E-state index contributed by atoms with van der Waals surface area (Å²) in [7, 11) is 0. The molecule has 0 spiro atoms. The Kier molecular flexibility index (Phi) is 6.62. The molecule has 9 nitrogen and oxygen atoms in total. The lowest BCUT2D eigenvalue weighted by atomic mass is 9.45. The first-order valence-electron chi connectivity index (χ1n) is 12.9. The van der Waals surface area contributed by atoms with Crippen LogP contribution in [0.25, 0.3) is 0 Å². The molecule has 2 N–H and O–H groups in total. The highest BCUT2D eigenvalue weighted by molar-refractivity contribution is 5.76. The van der Waals surface area contributed by atoms with Crippen LogP contribution in [0, 0.1) is 37.0 Å². The van der Waals surface area contributed by atoms with E-state index in [4.69, 9.17) is 0 Å². The molecule has 0 aromatic heterocycles. The van der Waals surface area contributed by atoms with E-state index in [1.165, 1.54) is 12.1 Å². The second kappa shape index (κ2) is 9.22. The number of nitro groups is 2. The Balaban J connectivity index is 1.29. The molecule has 0 saturated heterocycles. The SMILES string of the molecule is C=C(NC(=O)NCC1(C)CC(C)(c2ccc([N+](=O)[O-])cc2)[C@@H]1C)C1(C)CC(C)(c2ccc([N+](=O)[O-])cc2)C1. The molecular formula is C29H36N4O5. The number of rotatable bonds is 8. The van der Waals surface area contributed by atoms with Gasteiger partial charge in [0.05, 0.1) is 9.85 Å². The van der Waals surface area contributed by atoms with Crippen molar-refractivity contribution in [1.82, 2.24) is 10.6 Å². The van der Waals surface area contributed by atoms with Gasteiger partial charge in [0.1, 0.15) is 0 Å². The molecule has 2 saturated carbocycles. The highest BCUT2D eigenvalue weighted by atomic mass is 16.6. The molecule has 9 heteroatoms. The second-order valence-corrected chi connectivity index (χ2v) is 12.3. The summed E-state index contributed by atoms with van der Waals surface area (Å²) in [6.45, 7) is 15.4. The lowest BCUT2D eigenvalue weighted by Crippen LogP contribution is -2.60. The molecule has 202 valence electrons. The van der Waals surface area contributed by atoms with Crippen molar-refractivity contribution in [3.05, 3.63) is 92.2 Å². The van der Waals surface area contributed by atoms with Crippen molar-refractivity contribution >= 4 is 17.4 Å². The lowest BCUT2D eigenvalue weighted by molar-refractivity contribution is -0.385. The Labute approximate surface area is 223 Å². The maximum atomic E-state index is 12.8. The average Bonchev–Trinajstić information content (AvgIpc) is 2.86. The summed E-state index contributed by atoms with van der Waals surface area (Å²) >= 11 is 0. The zero-order chi connectivity index (χ0) is 28.1. The number of nitro benzene ring substituents is 2. The molecule has 0 heterocycles. The quantitative estimate of drug-likeness (QED) is 0.308. The van der Waals surface area contributed by atoms with Crippen molar-refractivity contribution in [1.29, 1.82) is 0 Å². The third kappa shape index (κ3) is 4.66. The minimum atomic E-state index is -0.400. The fourth-order valence-electron chi connectivity index (χ4n) is 7.00. The average molecular weight is 521 g/mol. The molecule has 3 atom stereocenters. The Morgan fingerprint density at radius 3 is 1.82 bits per heavy atom. The van der Waals surface area contributed by atoms with Crippen LogP contribution in [0.5, 0.6) is 0 Å². The summed E-state index contributed by atoms with van der Waals surface area (Å²) < 4.78 is 0. The summed E-state index contributed by atoms with van der Waals surface area (Å²) in [6.07, 6.45) is 2.41. The van der Waals surface area contributed by atoms with Gasteiger partial charge in [-0.3, -0.25) is 20.2 Å². The van der Waals surface area contributed by atoms with Crippen LogP contribution >= 0.6 is 0 Å². The van der Waals surface area contributed by atoms with Crippen LogP contribution in [0.2, 0.25) is 0 Å². The Bertz CT molecular complexity index is 1280. The van der Waals surface area contributed by atoms with Crippen LogP contribution in [0.3, 0.4) is 0 Å². The Hall–Kier alpha value is -3.75. The summed E-state index contributed by atoms with van der Waals surface area (Å²) in [5, 5.41) is 27.9. The predicted molar refractivity (Wildman–Crippen MR) is 146 cm³/mol. The van der Waals surface area contributed by atoms with Crippen molar-refractivity contribution < 1.29 is 14.6 Å². The molecular weight excluding hydrogens is 484 g/mol. The molecule has 0 aliphatic heterocycles. The molecule has 38 heavy (non-hydrogen) atoms. The first-order chi connectivity index (χ1) is 17.6. The van der Waals surface area contributed by atoms with Gasteiger partial charge >= 0.3 is 6.03 Å². The molecule has 2 aliphatic rings. The number of non-ortho nitro benzene ring substituents is 2. The van der Waals surface area contributed by atoms with E-state index in [1.54, 1.807) is 12.1 Å². The number of hydrogen-bond donors (Lipinski definition) is 2. The number of nitrogens with zero attached hydrogens (tertiary/aromatic N) is 2. The smallest absolute Gasteiger partial charge is 0.318 e. The molecule has 0 radical (unpaired) electrons. The highest BCUT2D eigenvalue weighted by Gasteiger charge is 2.56. The number of allylic oxidation sites excluding steroid dienone is 1. The number of carbonyl (C=O) groups excluding carboxylic acids is 1. The zero-order valence-corrected chi connectivity index (χ0v) is 22.7. The third-order valence-electron chi connectivity index (χ3n) is 9.49. The van der Waals surface area contributed by atoms with E-state index in [1.807, 2.05) is 24.3 Å². The van der Waals surface area contributed by atoms with Crippen molar-refractivity contribution in [2.24, 2.45) is 16.7 Å². The number of nitrogens with one attached hydrogen (secondary N) is 2. The van der Waals surface area contributed by atoms with Gasteiger partial charge < -0.3 is 10.6 Å². The van der Waals surface area contributed by atoms with E-state index in [9.17, 15) is 25.0 Å². The normalized spacial score (nSPS) is 31.9. The Morgan fingerprint density at radius 1 is 0.895 bits per heavy atom. The van der Waals surface area contributed by atoms with Crippen molar-refractivity contribution in [3.8, 4) is 0 Å². The van der Waals surface area contributed by atoms with Crippen LogP contribution in [0.4, 0.5) is 16.2 Å². The number of carbonyl (C=O) groups is 1. The van der Waals surface area contributed by atoms with E-state index in [-0.39, 0.29) is 45.0 Å². The molecule has 2 aliphatic carbocycles. The first-order valence-corrected chi connectivity index (χ1v) is 12.9. The van der Waals surface area contributed by atoms with Crippen LogP contribution < -0.4 is 10.6 Å². The monoisotopic (exact) mass is 520 g/mol. The van der Waals surface area contributed by atoms with Gasteiger partial charge in [-0.2, -0.15) is 0 Å². The molecule has 2 unspecified atom stereocenters. The van der Waals surface area contributed by atoms with Gasteiger partial charge in [-0.25, -0.2) is 4.79 Å². The third-order valence-corrected chi connectivity index (χ3v) is 9.49. The molecule has 4 rings (SSSR count). The molecule has 2 aromatic carbocycles. The van der Waals surface area contributed by atoms with Gasteiger partial charge in [0.15, 0.2) is 0 Å². The van der Waals surface area contributed by atoms with Crippen molar-refractivity contribution in [2.45, 2.75) is 64.7 Å². The predicted octanol–water partition coefficient (Wildman–Crippen LogP) is 6.38. The summed E-state index contributed by atoms with van der Waals surface area (Å²) in [4.78, 5) is 33.9.